The molecular formula is C26H26N2O5. The summed E-state index contributed by atoms with van der Waals surface area (Å²) in [5, 5.41) is 14.8. The highest BCUT2D eigenvalue weighted by molar-refractivity contribution is 5.89. The zero-order chi connectivity index (χ0) is 23.5. The van der Waals surface area contributed by atoms with Crippen molar-refractivity contribution in [3.63, 3.8) is 0 Å². The molecule has 0 aliphatic rings. The minimum absolute atomic E-state index is 0.0537. The topological polar surface area (TPSA) is 105 Å². The van der Waals surface area contributed by atoms with Gasteiger partial charge in [0.2, 0.25) is 5.91 Å². The highest BCUT2D eigenvalue weighted by atomic mass is 16.5. The van der Waals surface area contributed by atoms with E-state index in [-0.39, 0.29) is 19.4 Å². The molecule has 3 aromatic carbocycles. The Morgan fingerprint density at radius 1 is 0.667 bits per heavy atom. The number of amides is 2. The largest absolute Gasteiger partial charge is 0.480 e. The van der Waals surface area contributed by atoms with Crippen molar-refractivity contribution in [1.29, 1.82) is 0 Å². The lowest BCUT2D eigenvalue weighted by molar-refractivity contribution is -0.142. The predicted molar refractivity (Wildman–Crippen MR) is 123 cm³/mol. The van der Waals surface area contributed by atoms with E-state index in [1.165, 1.54) is 0 Å². The molecule has 3 N–H and O–H groups in total. The summed E-state index contributed by atoms with van der Waals surface area (Å²) in [5.74, 6) is -1.75. The third kappa shape index (κ3) is 7.81. The maximum absolute atomic E-state index is 13.0. The molecule has 0 spiro atoms. The zero-order valence-corrected chi connectivity index (χ0v) is 18.0. The van der Waals surface area contributed by atoms with E-state index < -0.39 is 30.1 Å². The van der Waals surface area contributed by atoms with E-state index in [1.54, 1.807) is 24.3 Å². The molecule has 0 aliphatic heterocycles. The summed E-state index contributed by atoms with van der Waals surface area (Å²) in [5.41, 5.74) is 2.40. The van der Waals surface area contributed by atoms with Gasteiger partial charge < -0.3 is 20.5 Å². The van der Waals surface area contributed by atoms with Gasteiger partial charge in [-0.15, -0.1) is 0 Å². The van der Waals surface area contributed by atoms with Gasteiger partial charge >= 0.3 is 12.1 Å². The molecule has 0 radical (unpaired) electrons. The molecule has 0 bridgehead atoms. The smallest absolute Gasteiger partial charge is 0.408 e. The summed E-state index contributed by atoms with van der Waals surface area (Å²) < 4.78 is 5.25. The van der Waals surface area contributed by atoms with Crippen LogP contribution in [0.3, 0.4) is 0 Å². The van der Waals surface area contributed by atoms with E-state index in [4.69, 9.17) is 4.74 Å². The van der Waals surface area contributed by atoms with Crippen LogP contribution in [0.4, 0.5) is 4.79 Å². The summed E-state index contributed by atoms with van der Waals surface area (Å²) >= 11 is 0. The Bertz CT molecular complexity index is 1040. The Balaban J connectivity index is 1.68. The molecule has 3 rings (SSSR count). The lowest BCUT2D eigenvalue weighted by Crippen LogP contribution is -2.53. The minimum Gasteiger partial charge on any atom is -0.480 e. The Kier molecular flexibility index (Phi) is 8.59. The average Bonchev–Trinajstić information content (AvgIpc) is 2.84. The third-order valence-electron chi connectivity index (χ3n) is 5.00. The lowest BCUT2D eigenvalue weighted by atomic mass is 10.0. The SMILES string of the molecule is O=C(N[C@H](Cc1ccccc1)C(=O)N[C@H](Cc1ccccc1)C(=O)O)OCc1ccccc1. The van der Waals surface area contributed by atoms with E-state index in [1.807, 2.05) is 66.7 Å². The average molecular weight is 447 g/mol. The van der Waals surface area contributed by atoms with Crippen LogP contribution >= 0.6 is 0 Å². The summed E-state index contributed by atoms with van der Waals surface area (Å²) in [6, 6.07) is 25.2. The first-order valence-electron chi connectivity index (χ1n) is 10.6. The number of hydrogen-bond donors (Lipinski definition) is 3. The van der Waals surface area contributed by atoms with E-state index in [9.17, 15) is 19.5 Å². The molecule has 0 saturated heterocycles. The van der Waals surface area contributed by atoms with Crippen molar-refractivity contribution in [3.05, 3.63) is 108 Å². The molecule has 0 unspecified atom stereocenters. The Morgan fingerprint density at radius 3 is 1.61 bits per heavy atom. The summed E-state index contributed by atoms with van der Waals surface area (Å²) in [7, 11) is 0. The van der Waals surface area contributed by atoms with Gasteiger partial charge in [0, 0.05) is 12.8 Å². The molecule has 2 amide bonds. The maximum atomic E-state index is 13.0. The molecule has 0 aliphatic carbocycles. The molecule has 0 aromatic heterocycles. The highest BCUT2D eigenvalue weighted by Gasteiger charge is 2.27. The van der Waals surface area contributed by atoms with Crippen molar-refractivity contribution in [1.82, 2.24) is 10.6 Å². The molecule has 7 nitrogen and oxygen atoms in total. The second-order valence-electron chi connectivity index (χ2n) is 7.54. The third-order valence-corrected chi connectivity index (χ3v) is 5.00. The van der Waals surface area contributed by atoms with Crippen molar-refractivity contribution in [2.24, 2.45) is 0 Å². The van der Waals surface area contributed by atoms with Crippen LogP contribution in [-0.2, 0) is 33.8 Å². The molecule has 33 heavy (non-hydrogen) atoms. The number of ether oxygens (including phenoxy) is 1. The fourth-order valence-corrected chi connectivity index (χ4v) is 3.29. The zero-order valence-electron chi connectivity index (χ0n) is 18.0. The van der Waals surface area contributed by atoms with Crippen LogP contribution < -0.4 is 10.6 Å². The van der Waals surface area contributed by atoms with Crippen molar-refractivity contribution in [2.75, 3.05) is 0 Å². The van der Waals surface area contributed by atoms with Crippen LogP contribution in [0.15, 0.2) is 91.0 Å². The Morgan fingerprint density at radius 2 is 1.12 bits per heavy atom. The fraction of sp³-hybridized carbons (Fsp3) is 0.192. The molecule has 2 atom stereocenters. The van der Waals surface area contributed by atoms with Crippen molar-refractivity contribution in [2.45, 2.75) is 31.5 Å². The number of nitrogens with one attached hydrogen (secondary N) is 2. The van der Waals surface area contributed by atoms with Gasteiger partial charge in [0.15, 0.2) is 0 Å². The van der Waals surface area contributed by atoms with Gasteiger partial charge in [-0.1, -0.05) is 91.0 Å². The van der Waals surface area contributed by atoms with Crippen LogP contribution in [-0.4, -0.2) is 35.2 Å². The number of hydrogen-bond acceptors (Lipinski definition) is 4. The van der Waals surface area contributed by atoms with Crippen LogP contribution in [0.2, 0.25) is 0 Å². The van der Waals surface area contributed by atoms with Crippen molar-refractivity contribution in [3.8, 4) is 0 Å². The van der Waals surface area contributed by atoms with Gasteiger partial charge in [0.1, 0.15) is 18.7 Å². The van der Waals surface area contributed by atoms with Crippen LogP contribution in [0, 0.1) is 0 Å². The molecule has 170 valence electrons. The standard InChI is InChI=1S/C26H26N2O5/c29-24(27-23(25(30)31)17-20-12-6-2-7-13-20)22(16-19-10-4-1-5-11-19)28-26(32)33-18-21-14-8-3-9-15-21/h1-15,22-23H,16-18H2,(H,27,29)(H,28,32)(H,30,31)/t22-,23-/m1/s1. The van der Waals surface area contributed by atoms with E-state index in [2.05, 4.69) is 10.6 Å². The van der Waals surface area contributed by atoms with E-state index in [0.717, 1.165) is 16.7 Å². The first-order chi connectivity index (χ1) is 16.0. The van der Waals surface area contributed by atoms with Gasteiger partial charge in [0.25, 0.3) is 0 Å². The van der Waals surface area contributed by atoms with Crippen molar-refractivity contribution < 1.29 is 24.2 Å². The van der Waals surface area contributed by atoms with E-state index in [0.29, 0.717) is 0 Å². The van der Waals surface area contributed by atoms with Gasteiger partial charge in [-0.2, -0.15) is 0 Å². The van der Waals surface area contributed by atoms with Gasteiger partial charge in [-0.05, 0) is 16.7 Å². The van der Waals surface area contributed by atoms with Gasteiger partial charge in [0.05, 0.1) is 0 Å². The first-order valence-corrected chi connectivity index (χ1v) is 10.6. The monoisotopic (exact) mass is 446 g/mol. The number of aliphatic carboxylic acids is 1. The van der Waals surface area contributed by atoms with E-state index >= 15 is 0 Å². The number of carbonyl (C=O) groups is 3. The van der Waals surface area contributed by atoms with Crippen LogP contribution in [0.5, 0.6) is 0 Å². The first kappa shape index (κ1) is 23.5. The highest BCUT2D eigenvalue weighted by Crippen LogP contribution is 2.08. The number of carboxylic acid groups (broad SMARTS) is 1. The maximum Gasteiger partial charge on any atom is 0.408 e. The van der Waals surface area contributed by atoms with Gasteiger partial charge in [-0.25, -0.2) is 9.59 Å². The van der Waals surface area contributed by atoms with Crippen molar-refractivity contribution >= 4 is 18.0 Å². The number of carbonyl (C=O) groups excluding carboxylic acids is 2. The second-order valence-corrected chi connectivity index (χ2v) is 7.54. The van der Waals surface area contributed by atoms with Gasteiger partial charge in [-0.3, -0.25) is 4.79 Å². The minimum atomic E-state index is -1.16. The molecule has 3 aromatic rings. The number of carboxylic acids is 1. The molecule has 7 heteroatoms. The predicted octanol–water partition coefficient (Wildman–Crippen LogP) is 3.34. The molecule has 0 heterocycles. The molecule has 0 fully saturated rings. The quantitative estimate of drug-likeness (QED) is 0.443. The normalized spacial score (nSPS) is 12.2. The Labute approximate surface area is 192 Å². The number of benzene rings is 3. The lowest BCUT2D eigenvalue weighted by Gasteiger charge is -2.21. The summed E-state index contributed by atoms with van der Waals surface area (Å²) in [4.78, 5) is 37.2. The molecule has 0 saturated carbocycles. The molecular weight excluding hydrogens is 420 g/mol. The number of rotatable bonds is 10. The fourth-order valence-electron chi connectivity index (χ4n) is 3.29. The van der Waals surface area contributed by atoms with Crippen LogP contribution in [0.25, 0.3) is 0 Å². The number of alkyl carbamates (subject to hydrolysis) is 1. The summed E-state index contributed by atoms with van der Waals surface area (Å²) in [6.45, 7) is 0.0537. The second kappa shape index (κ2) is 12.0. The Hall–Kier alpha value is -4.13. The summed E-state index contributed by atoms with van der Waals surface area (Å²) in [6.07, 6.45) is -0.451. The van der Waals surface area contributed by atoms with Crippen LogP contribution in [0.1, 0.15) is 16.7 Å².